The van der Waals surface area contributed by atoms with Crippen LogP contribution in [0.15, 0.2) is 35.1 Å². The summed E-state index contributed by atoms with van der Waals surface area (Å²) in [5.41, 5.74) is 2.07. The molecule has 3 aromatic rings. The summed E-state index contributed by atoms with van der Waals surface area (Å²) in [5.74, 6) is 0.762. The van der Waals surface area contributed by atoms with Gasteiger partial charge in [-0.2, -0.15) is 0 Å². The van der Waals surface area contributed by atoms with E-state index in [0.29, 0.717) is 24.3 Å². The maximum absolute atomic E-state index is 12.6. The molecule has 0 radical (unpaired) electrons. The fourth-order valence-electron chi connectivity index (χ4n) is 4.01. The second-order valence-corrected chi connectivity index (χ2v) is 9.37. The van der Waals surface area contributed by atoms with E-state index in [0.717, 1.165) is 47.0 Å². The Morgan fingerprint density at radius 3 is 2.61 bits per heavy atom. The Kier molecular flexibility index (Phi) is 6.50. The van der Waals surface area contributed by atoms with Gasteiger partial charge in [-0.1, -0.05) is 30.3 Å². The summed E-state index contributed by atoms with van der Waals surface area (Å²) in [6, 6.07) is 9.96. The molecule has 1 aliphatic rings. The Hall–Kier alpha value is -2.55. The zero-order valence-corrected chi connectivity index (χ0v) is 19.1. The minimum absolute atomic E-state index is 0.0221. The lowest BCUT2D eigenvalue weighted by molar-refractivity contribution is -0.122. The van der Waals surface area contributed by atoms with Crippen LogP contribution in [0.4, 0.5) is 0 Å². The molecule has 0 saturated carbocycles. The Morgan fingerprint density at radius 2 is 1.90 bits per heavy atom. The van der Waals surface area contributed by atoms with Crippen molar-refractivity contribution in [3.63, 3.8) is 0 Å². The zero-order chi connectivity index (χ0) is 22.0. The van der Waals surface area contributed by atoms with E-state index in [1.807, 2.05) is 44.2 Å². The summed E-state index contributed by atoms with van der Waals surface area (Å²) >= 11 is 1.58. The highest BCUT2D eigenvalue weighted by molar-refractivity contribution is 7.18. The predicted octanol–water partition coefficient (Wildman–Crippen LogP) is 2.60. The van der Waals surface area contributed by atoms with Gasteiger partial charge in [0.25, 0.3) is 5.56 Å². The number of aromatic nitrogens is 2. The molecule has 0 bridgehead atoms. The molecule has 1 aromatic carbocycles. The second-order valence-electron chi connectivity index (χ2n) is 8.16. The van der Waals surface area contributed by atoms with Crippen LogP contribution in [0.1, 0.15) is 34.8 Å². The van der Waals surface area contributed by atoms with Gasteiger partial charge in [-0.05, 0) is 31.9 Å². The first kappa shape index (κ1) is 21.7. The van der Waals surface area contributed by atoms with E-state index in [4.69, 9.17) is 4.98 Å². The Labute approximate surface area is 186 Å². The number of amides is 1. The Morgan fingerprint density at radius 1 is 1.19 bits per heavy atom. The van der Waals surface area contributed by atoms with Crippen LogP contribution in [0.2, 0.25) is 0 Å². The number of nitrogens with one attached hydrogen (secondary N) is 2. The van der Waals surface area contributed by atoms with Crippen LogP contribution in [0.3, 0.4) is 0 Å². The van der Waals surface area contributed by atoms with Gasteiger partial charge in [-0.3, -0.25) is 19.4 Å². The van der Waals surface area contributed by atoms with E-state index < -0.39 is 0 Å². The molecule has 31 heavy (non-hydrogen) atoms. The third kappa shape index (κ3) is 4.87. The average Bonchev–Trinajstić information content (AvgIpc) is 3.07. The second kappa shape index (κ2) is 9.30. The van der Waals surface area contributed by atoms with Crippen molar-refractivity contribution in [1.29, 1.82) is 0 Å². The number of nitrogens with zero attached hydrogens (tertiary/aromatic N) is 3. The summed E-state index contributed by atoms with van der Waals surface area (Å²) in [6.45, 7) is 10.3. The van der Waals surface area contributed by atoms with Crippen LogP contribution in [0.5, 0.6) is 0 Å². The van der Waals surface area contributed by atoms with Gasteiger partial charge < -0.3 is 10.3 Å². The predicted molar refractivity (Wildman–Crippen MR) is 124 cm³/mol. The number of rotatable bonds is 6. The fraction of sp³-hybridized carbons (Fsp3) is 0.435. The van der Waals surface area contributed by atoms with Gasteiger partial charge in [0, 0.05) is 37.6 Å². The summed E-state index contributed by atoms with van der Waals surface area (Å²) in [5, 5.41) is 3.71. The van der Waals surface area contributed by atoms with Crippen molar-refractivity contribution in [2.45, 2.75) is 33.4 Å². The molecule has 1 amide bonds. The van der Waals surface area contributed by atoms with Crippen LogP contribution < -0.4 is 10.9 Å². The SMILES string of the molecule is Cc1sc2nc(C(C)N3CCN(CC(=O)NCc4ccccc4)CC3)[nH]c(=O)c2c1C. The van der Waals surface area contributed by atoms with Gasteiger partial charge in [0.2, 0.25) is 5.91 Å². The van der Waals surface area contributed by atoms with Crippen LogP contribution >= 0.6 is 11.3 Å². The van der Waals surface area contributed by atoms with Crippen molar-refractivity contribution in [2.24, 2.45) is 0 Å². The number of hydrogen-bond acceptors (Lipinski definition) is 6. The van der Waals surface area contributed by atoms with Gasteiger partial charge in [0.05, 0.1) is 18.0 Å². The van der Waals surface area contributed by atoms with Gasteiger partial charge >= 0.3 is 0 Å². The number of hydrogen-bond donors (Lipinski definition) is 2. The molecule has 2 N–H and O–H groups in total. The molecule has 4 rings (SSSR count). The number of carbonyl (C=O) groups excluding carboxylic acids is 1. The molecule has 1 atom stereocenters. The van der Waals surface area contributed by atoms with E-state index in [-0.39, 0.29) is 17.5 Å². The quantitative estimate of drug-likeness (QED) is 0.617. The molecule has 1 unspecified atom stereocenters. The first-order valence-electron chi connectivity index (χ1n) is 10.7. The zero-order valence-electron chi connectivity index (χ0n) is 18.3. The molecule has 1 aliphatic heterocycles. The van der Waals surface area contributed by atoms with Gasteiger partial charge in [0.15, 0.2) is 0 Å². The highest BCUT2D eigenvalue weighted by Crippen LogP contribution is 2.27. The lowest BCUT2D eigenvalue weighted by Crippen LogP contribution is -2.50. The van der Waals surface area contributed by atoms with E-state index >= 15 is 0 Å². The molecule has 164 valence electrons. The number of piperazine rings is 1. The summed E-state index contributed by atoms with van der Waals surface area (Å²) in [4.78, 5) is 39.1. The van der Waals surface area contributed by atoms with E-state index in [1.165, 1.54) is 0 Å². The maximum Gasteiger partial charge on any atom is 0.259 e. The van der Waals surface area contributed by atoms with Crippen LogP contribution in [-0.4, -0.2) is 58.4 Å². The lowest BCUT2D eigenvalue weighted by Gasteiger charge is -2.37. The van der Waals surface area contributed by atoms with E-state index in [9.17, 15) is 9.59 Å². The first-order valence-corrected chi connectivity index (χ1v) is 11.5. The smallest absolute Gasteiger partial charge is 0.259 e. The third-order valence-electron chi connectivity index (χ3n) is 6.11. The van der Waals surface area contributed by atoms with Crippen molar-refractivity contribution < 1.29 is 4.79 Å². The van der Waals surface area contributed by atoms with Gasteiger partial charge in [0.1, 0.15) is 10.7 Å². The van der Waals surface area contributed by atoms with Crippen LogP contribution in [0, 0.1) is 13.8 Å². The molecule has 0 spiro atoms. The third-order valence-corrected chi connectivity index (χ3v) is 7.21. The number of carbonyl (C=O) groups is 1. The number of thiophene rings is 1. The fourth-order valence-corrected chi connectivity index (χ4v) is 5.04. The Balaban J connectivity index is 1.31. The average molecular weight is 440 g/mol. The van der Waals surface area contributed by atoms with Crippen LogP contribution in [0.25, 0.3) is 10.2 Å². The molecule has 8 heteroatoms. The highest BCUT2D eigenvalue weighted by atomic mass is 32.1. The van der Waals surface area contributed by atoms with E-state index in [1.54, 1.807) is 11.3 Å². The number of aryl methyl sites for hydroxylation is 2. The number of fused-ring (bicyclic) bond motifs is 1. The van der Waals surface area contributed by atoms with E-state index in [2.05, 4.69) is 27.0 Å². The minimum atomic E-state index is -0.0533. The monoisotopic (exact) mass is 439 g/mol. The number of benzene rings is 1. The normalized spacial score (nSPS) is 16.5. The van der Waals surface area contributed by atoms with Crippen molar-refractivity contribution in [3.8, 4) is 0 Å². The minimum Gasteiger partial charge on any atom is -0.351 e. The van der Waals surface area contributed by atoms with Crippen molar-refractivity contribution in [1.82, 2.24) is 25.1 Å². The molecule has 2 aromatic heterocycles. The number of H-pyrrole nitrogens is 1. The topological polar surface area (TPSA) is 81.3 Å². The molecule has 1 saturated heterocycles. The van der Waals surface area contributed by atoms with Gasteiger partial charge in [-0.25, -0.2) is 4.98 Å². The lowest BCUT2D eigenvalue weighted by atomic mass is 10.2. The molecular formula is C23H29N5O2S. The van der Waals surface area contributed by atoms with Crippen molar-refractivity contribution >= 4 is 27.5 Å². The first-order chi connectivity index (χ1) is 14.9. The molecule has 7 nitrogen and oxygen atoms in total. The van der Waals surface area contributed by atoms with Crippen molar-refractivity contribution in [3.05, 3.63) is 62.5 Å². The van der Waals surface area contributed by atoms with Crippen LogP contribution in [-0.2, 0) is 11.3 Å². The summed E-state index contributed by atoms with van der Waals surface area (Å²) in [6.07, 6.45) is 0. The Bertz CT molecular complexity index is 1120. The standard InChI is InChI=1S/C23H29N5O2S/c1-15-17(3)31-23-20(15)22(30)25-21(26-23)16(2)28-11-9-27(10-12-28)14-19(29)24-13-18-7-5-4-6-8-18/h4-8,16H,9-14H2,1-3H3,(H,24,29)(H,25,26,30). The molecule has 1 fully saturated rings. The molecule has 3 heterocycles. The molecular weight excluding hydrogens is 410 g/mol. The summed E-state index contributed by atoms with van der Waals surface area (Å²) in [7, 11) is 0. The molecule has 0 aliphatic carbocycles. The number of aromatic amines is 1. The largest absolute Gasteiger partial charge is 0.351 e. The van der Waals surface area contributed by atoms with Crippen molar-refractivity contribution in [2.75, 3.05) is 32.7 Å². The highest BCUT2D eigenvalue weighted by Gasteiger charge is 2.25. The maximum atomic E-state index is 12.6. The summed E-state index contributed by atoms with van der Waals surface area (Å²) < 4.78 is 0. The van der Waals surface area contributed by atoms with Gasteiger partial charge in [-0.15, -0.1) is 11.3 Å².